The van der Waals surface area contributed by atoms with Crippen molar-refractivity contribution >= 4 is 10.0 Å². The van der Waals surface area contributed by atoms with Gasteiger partial charge in [0.15, 0.2) is 0 Å². The van der Waals surface area contributed by atoms with Crippen LogP contribution in [0.1, 0.15) is 19.3 Å². The van der Waals surface area contributed by atoms with Gasteiger partial charge < -0.3 is 9.47 Å². The SMILES string of the molecule is O=S(=O)(NCCCOCC1CCCO1)c1cccc(F)c1. The fourth-order valence-electron chi connectivity index (χ4n) is 2.09. The predicted octanol–water partition coefficient (Wildman–Crippen LogP) is 1.69. The molecule has 0 aromatic heterocycles. The number of hydrogen-bond acceptors (Lipinski definition) is 4. The van der Waals surface area contributed by atoms with Gasteiger partial charge in [0.05, 0.1) is 17.6 Å². The summed E-state index contributed by atoms with van der Waals surface area (Å²) < 4.78 is 50.1. The minimum Gasteiger partial charge on any atom is -0.379 e. The zero-order valence-electron chi connectivity index (χ0n) is 11.8. The quantitative estimate of drug-likeness (QED) is 0.741. The minimum atomic E-state index is -3.66. The van der Waals surface area contributed by atoms with Crippen molar-refractivity contribution in [1.29, 1.82) is 0 Å². The van der Waals surface area contributed by atoms with E-state index in [2.05, 4.69) is 4.72 Å². The molecule has 0 aliphatic carbocycles. The van der Waals surface area contributed by atoms with Gasteiger partial charge in [0.1, 0.15) is 5.82 Å². The van der Waals surface area contributed by atoms with E-state index in [1.807, 2.05) is 0 Å². The molecule has 1 fully saturated rings. The van der Waals surface area contributed by atoms with Crippen molar-refractivity contribution in [3.63, 3.8) is 0 Å². The Morgan fingerprint density at radius 1 is 1.43 bits per heavy atom. The maximum absolute atomic E-state index is 13.0. The molecule has 0 bridgehead atoms. The maximum atomic E-state index is 13.0. The van der Waals surface area contributed by atoms with Crippen LogP contribution in [0.25, 0.3) is 0 Å². The molecule has 0 saturated carbocycles. The van der Waals surface area contributed by atoms with Crippen molar-refractivity contribution in [3.8, 4) is 0 Å². The summed E-state index contributed by atoms with van der Waals surface area (Å²) in [4.78, 5) is -0.0669. The van der Waals surface area contributed by atoms with Gasteiger partial charge in [-0.3, -0.25) is 0 Å². The zero-order valence-corrected chi connectivity index (χ0v) is 12.6. The first kappa shape index (κ1) is 16.4. The first-order valence-corrected chi connectivity index (χ1v) is 8.51. The molecule has 5 nitrogen and oxygen atoms in total. The molecule has 1 atom stereocenters. The van der Waals surface area contributed by atoms with Crippen molar-refractivity contribution in [1.82, 2.24) is 4.72 Å². The molecule has 1 N–H and O–H groups in total. The second-order valence-electron chi connectivity index (χ2n) is 4.92. The van der Waals surface area contributed by atoms with Crippen molar-refractivity contribution < 1.29 is 22.3 Å². The van der Waals surface area contributed by atoms with Crippen LogP contribution >= 0.6 is 0 Å². The maximum Gasteiger partial charge on any atom is 0.240 e. The molecule has 1 aliphatic rings. The summed E-state index contributed by atoms with van der Waals surface area (Å²) in [6.07, 6.45) is 2.82. The van der Waals surface area contributed by atoms with Crippen LogP contribution in [0.2, 0.25) is 0 Å². The lowest BCUT2D eigenvalue weighted by Crippen LogP contribution is -2.26. The van der Waals surface area contributed by atoms with Gasteiger partial charge in [-0.2, -0.15) is 0 Å². The molecule has 0 radical (unpaired) electrons. The van der Waals surface area contributed by atoms with Gasteiger partial charge in [-0.1, -0.05) is 6.07 Å². The lowest BCUT2D eigenvalue weighted by molar-refractivity contribution is 0.0169. The second-order valence-corrected chi connectivity index (χ2v) is 6.69. The zero-order chi connectivity index (χ0) is 15.1. The molecule has 21 heavy (non-hydrogen) atoms. The third kappa shape index (κ3) is 5.35. The van der Waals surface area contributed by atoms with E-state index in [1.165, 1.54) is 18.2 Å². The number of halogens is 1. The molecular formula is C14H20FNO4S. The van der Waals surface area contributed by atoms with Crippen LogP contribution in [-0.4, -0.2) is 40.9 Å². The Labute approximate surface area is 124 Å². The van der Waals surface area contributed by atoms with Gasteiger partial charge in [0, 0.05) is 19.8 Å². The highest BCUT2D eigenvalue weighted by Crippen LogP contribution is 2.12. The van der Waals surface area contributed by atoms with E-state index in [1.54, 1.807) is 0 Å². The Balaban J connectivity index is 1.65. The minimum absolute atomic E-state index is 0.0669. The van der Waals surface area contributed by atoms with Gasteiger partial charge in [-0.25, -0.2) is 17.5 Å². The third-order valence-electron chi connectivity index (χ3n) is 3.19. The molecule has 1 heterocycles. The van der Waals surface area contributed by atoms with Crippen molar-refractivity contribution in [2.45, 2.75) is 30.3 Å². The van der Waals surface area contributed by atoms with Gasteiger partial charge in [-0.05, 0) is 37.5 Å². The summed E-state index contributed by atoms with van der Waals surface area (Å²) >= 11 is 0. The van der Waals surface area contributed by atoms with E-state index in [4.69, 9.17) is 9.47 Å². The van der Waals surface area contributed by atoms with Crippen LogP contribution in [-0.2, 0) is 19.5 Å². The Morgan fingerprint density at radius 2 is 2.29 bits per heavy atom. The van der Waals surface area contributed by atoms with Crippen LogP contribution in [0.3, 0.4) is 0 Å². The number of hydrogen-bond donors (Lipinski definition) is 1. The highest BCUT2D eigenvalue weighted by molar-refractivity contribution is 7.89. The second kappa shape index (κ2) is 7.84. The number of ether oxygens (including phenoxy) is 2. The van der Waals surface area contributed by atoms with E-state index in [-0.39, 0.29) is 17.5 Å². The Morgan fingerprint density at radius 3 is 3.00 bits per heavy atom. The summed E-state index contributed by atoms with van der Waals surface area (Å²) in [6.45, 7) is 2.06. The Hall–Kier alpha value is -1.02. The normalized spacial score (nSPS) is 19.0. The van der Waals surface area contributed by atoms with Crippen LogP contribution in [0.4, 0.5) is 4.39 Å². The smallest absolute Gasteiger partial charge is 0.240 e. The first-order valence-electron chi connectivity index (χ1n) is 7.02. The molecular weight excluding hydrogens is 297 g/mol. The van der Waals surface area contributed by atoms with Gasteiger partial charge >= 0.3 is 0 Å². The van der Waals surface area contributed by atoms with Gasteiger partial charge in [0.2, 0.25) is 10.0 Å². The third-order valence-corrected chi connectivity index (χ3v) is 4.65. The summed E-state index contributed by atoms with van der Waals surface area (Å²) in [6, 6.07) is 4.93. The number of benzene rings is 1. The topological polar surface area (TPSA) is 64.6 Å². The lowest BCUT2D eigenvalue weighted by Gasteiger charge is -2.10. The largest absolute Gasteiger partial charge is 0.379 e. The molecule has 1 aromatic carbocycles. The molecule has 1 aromatic rings. The molecule has 0 amide bonds. The number of nitrogens with one attached hydrogen (secondary N) is 1. The molecule has 0 spiro atoms. The molecule has 1 unspecified atom stereocenters. The van der Waals surface area contributed by atoms with Crippen molar-refractivity contribution in [2.24, 2.45) is 0 Å². The standard InChI is InChI=1S/C14H20FNO4S/c15-12-4-1-6-14(10-12)21(17,18)16-7-3-8-19-11-13-5-2-9-20-13/h1,4,6,10,13,16H,2-3,5,7-9,11H2. The van der Waals surface area contributed by atoms with Crippen LogP contribution in [0, 0.1) is 5.82 Å². The summed E-state index contributed by atoms with van der Waals surface area (Å²) in [7, 11) is -3.66. The average Bonchev–Trinajstić information content (AvgIpc) is 2.96. The van der Waals surface area contributed by atoms with Crippen LogP contribution in [0.15, 0.2) is 29.2 Å². The van der Waals surface area contributed by atoms with E-state index in [9.17, 15) is 12.8 Å². The Bertz CT molecular complexity index is 544. The highest BCUT2D eigenvalue weighted by atomic mass is 32.2. The molecule has 118 valence electrons. The first-order chi connectivity index (χ1) is 10.1. The van der Waals surface area contributed by atoms with E-state index in [0.29, 0.717) is 19.6 Å². The fraction of sp³-hybridized carbons (Fsp3) is 0.571. The Kier molecular flexibility index (Phi) is 6.10. The van der Waals surface area contributed by atoms with E-state index in [0.717, 1.165) is 25.5 Å². The number of sulfonamides is 1. The van der Waals surface area contributed by atoms with E-state index >= 15 is 0 Å². The summed E-state index contributed by atoms with van der Waals surface area (Å²) in [5.74, 6) is -0.572. The molecule has 1 saturated heterocycles. The van der Waals surface area contributed by atoms with Crippen molar-refractivity contribution in [2.75, 3.05) is 26.4 Å². The van der Waals surface area contributed by atoms with Gasteiger partial charge in [-0.15, -0.1) is 0 Å². The number of rotatable bonds is 8. The molecule has 7 heteroatoms. The van der Waals surface area contributed by atoms with Crippen LogP contribution in [0.5, 0.6) is 0 Å². The fourth-order valence-corrected chi connectivity index (χ4v) is 3.19. The average molecular weight is 317 g/mol. The highest BCUT2D eigenvalue weighted by Gasteiger charge is 2.16. The van der Waals surface area contributed by atoms with Crippen molar-refractivity contribution in [3.05, 3.63) is 30.1 Å². The van der Waals surface area contributed by atoms with Crippen LogP contribution < -0.4 is 4.72 Å². The molecule has 2 rings (SSSR count). The molecule has 1 aliphatic heterocycles. The monoisotopic (exact) mass is 317 g/mol. The summed E-state index contributed by atoms with van der Waals surface area (Å²) in [5.41, 5.74) is 0. The lowest BCUT2D eigenvalue weighted by atomic mass is 10.2. The predicted molar refractivity (Wildman–Crippen MR) is 76.0 cm³/mol. The van der Waals surface area contributed by atoms with Gasteiger partial charge in [0.25, 0.3) is 0 Å². The summed E-state index contributed by atoms with van der Waals surface area (Å²) in [5, 5.41) is 0. The van der Waals surface area contributed by atoms with E-state index < -0.39 is 15.8 Å².